The molecular formula is C21H18Cl2N2O3S. The van der Waals surface area contributed by atoms with Crippen molar-refractivity contribution in [2.75, 3.05) is 11.4 Å². The third-order valence-electron chi connectivity index (χ3n) is 4.33. The van der Waals surface area contributed by atoms with Crippen molar-refractivity contribution in [1.82, 2.24) is 5.32 Å². The van der Waals surface area contributed by atoms with Crippen molar-refractivity contribution in [3.63, 3.8) is 0 Å². The number of rotatable bonds is 6. The Morgan fingerprint density at radius 2 is 1.62 bits per heavy atom. The van der Waals surface area contributed by atoms with Crippen molar-refractivity contribution in [1.29, 1.82) is 0 Å². The molecule has 1 amide bonds. The zero-order chi connectivity index (χ0) is 21.0. The highest BCUT2D eigenvalue weighted by Crippen LogP contribution is 2.27. The normalized spacial score (nSPS) is 11.1. The summed E-state index contributed by atoms with van der Waals surface area (Å²) in [6.07, 6.45) is 0. The lowest BCUT2D eigenvalue weighted by molar-refractivity contribution is 0.0951. The van der Waals surface area contributed by atoms with Gasteiger partial charge in [0.25, 0.3) is 15.9 Å². The fourth-order valence-electron chi connectivity index (χ4n) is 2.66. The molecule has 0 aliphatic rings. The van der Waals surface area contributed by atoms with Crippen LogP contribution in [-0.2, 0) is 16.6 Å². The lowest BCUT2D eigenvalue weighted by Gasteiger charge is -2.20. The maximum Gasteiger partial charge on any atom is 0.264 e. The van der Waals surface area contributed by atoms with Gasteiger partial charge >= 0.3 is 0 Å². The highest BCUT2D eigenvalue weighted by atomic mass is 35.5. The first kappa shape index (κ1) is 21.2. The smallest absolute Gasteiger partial charge is 0.264 e. The Morgan fingerprint density at radius 1 is 0.966 bits per heavy atom. The number of nitrogens with zero attached hydrogens (tertiary/aromatic N) is 1. The number of nitrogens with one attached hydrogen (secondary N) is 1. The molecule has 0 heterocycles. The number of carbonyl (C=O) groups excluding carboxylic acids is 1. The molecule has 3 rings (SSSR count). The predicted molar refractivity (Wildman–Crippen MR) is 116 cm³/mol. The summed E-state index contributed by atoms with van der Waals surface area (Å²) in [5, 5.41) is 3.47. The van der Waals surface area contributed by atoms with Crippen LogP contribution in [0.2, 0.25) is 10.0 Å². The number of amides is 1. The highest BCUT2D eigenvalue weighted by Gasteiger charge is 2.23. The molecule has 8 heteroatoms. The molecule has 0 fully saturated rings. The van der Waals surface area contributed by atoms with Gasteiger partial charge in [-0.15, -0.1) is 0 Å². The number of hydrogen-bond donors (Lipinski definition) is 1. The maximum absolute atomic E-state index is 12.9. The standard InChI is InChI=1S/C21H18Cl2N2O3S/c1-25(29(27,28)18-10-7-16(22)8-11-18)17-9-12-20(23)19(13-17)21(26)24-14-15-5-3-2-4-6-15/h2-13H,14H2,1H3,(H,24,26). The second-order valence-electron chi connectivity index (χ2n) is 6.26. The van der Waals surface area contributed by atoms with E-state index >= 15 is 0 Å². The summed E-state index contributed by atoms with van der Waals surface area (Å²) >= 11 is 12.0. The van der Waals surface area contributed by atoms with Crippen LogP contribution in [0.5, 0.6) is 0 Å². The van der Waals surface area contributed by atoms with E-state index in [1.807, 2.05) is 30.3 Å². The van der Waals surface area contributed by atoms with E-state index in [1.54, 1.807) is 6.07 Å². The van der Waals surface area contributed by atoms with Gasteiger partial charge in [-0.3, -0.25) is 9.10 Å². The third kappa shape index (κ3) is 4.90. The van der Waals surface area contributed by atoms with Crippen LogP contribution in [0.25, 0.3) is 0 Å². The molecule has 150 valence electrons. The molecule has 0 aromatic heterocycles. The van der Waals surface area contributed by atoms with Crippen LogP contribution in [0.3, 0.4) is 0 Å². The molecule has 0 saturated heterocycles. The minimum absolute atomic E-state index is 0.0921. The van der Waals surface area contributed by atoms with E-state index in [4.69, 9.17) is 23.2 Å². The Labute approximate surface area is 179 Å². The molecule has 0 saturated carbocycles. The van der Waals surface area contributed by atoms with Crippen LogP contribution in [-0.4, -0.2) is 21.4 Å². The fourth-order valence-corrected chi connectivity index (χ4v) is 4.18. The van der Waals surface area contributed by atoms with Crippen molar-refractivity contribution in [3.05, 3.63) is 94.0 Å². The molecule has 5 nitrogen and oxygen atoms in total. The van der Waals surface area contributed by atoms with E-state index in [-0.39, 0.29) is 15.5 Å². The number of anilines is 1. The topological polar surface area (TPSA) is 66.5 Å². The quantitative estimate of drug-likeness (QED) is 0.591. The van der Waals surface area contributed by atoms with Crippen LogP contribution < -0.4 is 9.62 Å². The van der Waals surface area contributed by atoms with Gasteiger partial charge in [0, 0.05) is 18.6 Å². The zero-order valence-electron chi connectivity index (χ0n) is 15.5. The molecule has 0 aliphatic carbocycles. The van der Waals surface area contributed by atoms with Gasteiger partial charge in [0.2, 0.25) is 0 Å². The van der Waals surface area contributed by atoms with E-state index in [1.165, 1.54) is 43.4 Å². The van der Waals surface area contributed by atoms with Gasteiger partial charge in [0.15, 0.2) is 0 Å². The van der Waals surface area contributed by atoms with Gasteiger partial charge in [-0.1, -0.05) is 53.5 Å². The lowest BCUT2D eigenvalue weighted by atomic mass is 10.1. The number of carbonyl (C=O) groups is 1. The predicted octanol–water partition coefficient (Wildman–Crippen LogP) is 4.75. The zero-order valence-corrected chi connectivity index (χ0v) is 17.8. The van der Waals surface area contributed by atoms with E-state index in [2.05, 4.69) is 5.32 Å². The Kier molecular flexibility index (Phi) is 6.47. The monoisotopic (exact) mass is 448 g/mol. The van der Waals surface area contributed by atoms with Crippen molar-refractivity contribution < 1.29 is 13.2 Å². The number of benzene rings is 3. The van der Waals surface area contributed by atoms with Crippen molar-refractivity contribution in [2.45, 2.75) is 11.4 Å². The first-order valence-electron chi connectivity index (χ1n) is 8.65. The first-order valence-corrected chi connectivity index (χ1v) is 10.8. The highest BCUT2D eigenvalue weighted by molar-refractivity contribution is 7.92. The molecular weight excluding hydrogens is 431 g/mol. The van der Waals surface area contributed by atoms with E-state index in [0.29, 0.717) is 17.3 Å². The van der Waals surface area contributed by atoms with Gasteiger partial charge in [-0.05, 0) is 48.0 Å². The molecule has 0 aliphatic heterocycles. The second kappa shape index (κ2) is 8.86. The third-order valence-corrected chi connectivity index (χ3v) is 6.71. The summed E-state index contributed by atoms with van der Waals surface area (Å²) in [7, 11) is -2.40. The lowest BCUT2D eigenvalue weighted by Crippen LogP contribution is -2.27. The van der Waals surface area contributed by atoms with Crippen LogP contribution in [0.15, 0.2) is 77.7 Å². The molecule has 0 spiro atoms. The van der Waals surface area contributed by atoms with Gasteiger partial charge < -0.3 is 5.32 Å². The molecule has 0 bridgehead atoms. The minimum atomic E-state index is -3.82. The molecule has 29 heavy (non-hydrogen) atoms. The summed E-state index contributed by atoms with van der Waals surface area (Å²) in [5.41, 5.74) is 1.45. The molecule has 0 unspecified atom stereocenters. The van der Waals surface area contributed by atoms with E-state index in [0.717, 1.165) is 9.87 Å². The summed E-state index contributed by atoms with van der Waals surface area (Å²) in [4.78, 5) is 12.7. The molecule has 3 aromatic carbocycles. The van der Waals surface area contributed by atoms with Gasteiger partial charge in [-0.25, -0.2) is 8.42 Å². The Bertz CT molecular complexity index is 1120. The molecule has 0 radical (unpaired) electrons. The van der Waals surface area contributed by atoms with Crippen LogP contribution in [0.1, 0.15) is 15.9 Å². The number of sulfonamides is 1. The largest absolute Gasteiger partial charge is 0.348 e. The fraction of sp³-hybridized carbons (Fsp3) is 0.0952. The molecule has 1 N–H and O–H groups in total. The van der Waals surface area contributed by atoms with E-state index < -0.39 is 15.9 Å². The average molecular weight is 449 g/mol. The summed E-state index contributed by atoms with van der Waals surface area (Å²) in [5.74, 6) is -0.391. The van der Waals surface area contributed by atoms with Crippen LogP contribution >= 0.6 is 23.2 Å². The van der Waals surface area contributed by atoms with Gasteiger partial charge in [0.1, 0.15) is 0 Å². The maximum atomic E-state index is 12.9. The number of hydrogen-bond acceptors (Lipinski definition) is 3. The second-order valence-corrected chi connectivity index (χ2v) is 9.07. The summed E-state index contributed by atoms with van der Waals surface area (Å²) in [6, 6.07) is 19.8. The number of halogens is 2. The summed E-state index contributed by atoms with van der Waals surface area (Å²) in [6.45, 7) is 0.332. The van der Waals surface area contributed by atoms with Crippen LogP contribution in [0, 0.1) is 0 Å². The van der Waals surface area contributed by atoms with Gasteiger partial charge in [-0.2, -0.15) is 0 Å². The summed E-state index contributed by atoms with van der Waals surface area (Å²) < 4.78 is 26.8. The van der Waals surface area contributed by atoms with Gasteiger partial charge in [0.05, 0.1) is 21.2 Å². The van der Waals surface area contributed by atoms with Crippen LogP contribution in [0.4, 0.5) is 5.69 Å². The Morgan fingerprint density at radius 3 is 2.28 bits per heavy atom. The SMILES string of the molecule is CN(c1ccc(Cl)c(C(=O)NCc2ccccc2)c1)S(=O)(=O)c1ccc(Cl)cc1. The van der Waals surface area contributed by atoms with Crippen molar-refractivity contribution in [2.24, 2.45) is 0 Å². The molecule has 3 aromatic rings. The Balaban J connectivity index is 1.84. The average Bonchev–Trinajstić information content (AvgIpc) is 2.73. The molecule has 0 atom stereocenters. The van der Waals surface area contributed by atoms with Crippen molar-refractivity contribution >= 4 is 44.8 Å². The first-order chi connectivity index (χ1) is 13.8. The van der Waals surface area contributed by atoms with E-state index in [9.17, 15) is 13.2 Å². The van der Waals surface area contributed by atoms with Crippen molar-refractivity contribution in [3.8, 4) is 0 Å². The minimum Gasteiger partial charge on any atom is -0.348 e. The Hall–Kier alpha value is -2.54.